The number of hydrogen-bond acceptors (Lipinski definition) is 3. The Kier molecular flexibility index (Phi) is 4.98. The second-order valence-corrected chi connectivity index (χ2v) is 5.16. The Morgan fingerprint density at radius 1 is 1.38 bits per heavy atom. The van der Waals surface area contributed by atoms with Crippen molar-refractivity contribution in [1.82, 2.24) is 4.57 Å². The first-order valence-corrected chi connectivity index (χ1v) is 7.31. The summed E-state index contributed by atoms with van der Waals surface area (Å²) in [7, 11) is 0. The van der Waals surface area contributed by atoms with Gasteiger partial charge in [-0.05, 0) is 42.5 Å². The predicted molar refractivity (Wildman–Crippen MR) is 82.7 cm³/mol. The largest absolute Gasteiger partial charge is 0.478 e. The number of aliphatic hydroxyl groups is 1. The van der Waals surface area contributed by atoms with E-state index in [0.717, 1.165) is 34.9 Å². The van der Waals surface area contributed by atoms with Crippen LogP contribution in [0, 0.1) is 0 Å². The molecule has 4 N–H and O–H groups in total. The van der Waals surface area contributed by atoms with Crippen molar-refractivity contribution < 1.29 is 15.0 Å². The van der Waals surface area contributed by atoms with Crippen molar-refractivity contribution in [2.45, 2.75) is 32.7 Å². The van der Waals surface area contributed by atoms with Crippen LogP contribution >= 0.6 is 0 Å². The maximum Gasteiger partial charge on any atom is 0.337 e. The van der Waals surface area contributed by atoms with Crippen LogP contribution in [0.2, 0.25) is 0 Å². The Morgan fingerprint density at radius 3 is 2.71 bits per heavy atom. The van der Waals surface area contributed by atoms with Gasteiger partial charge >= 0.3 is 5.97 Å². The van der Waals surface area contributed by atoms with Gasteiger partial charge in [-0.25, -0.2) is 4.79 Å². The molecule has 1 heterocycles. The van der Waals surface area contributed by atoms with Crippen molar-refractivity contribution in [3.8, 4) is 0 Å². The third kappa shape index (κ3) is 3.09. The van der Waals surface area contributed by atoms with Gasteiger partial charge in [0.05, 0.1) is 11.1 Å². The molecule has 5 nitrogen and oxygen atoms in total. The van der Waals surface area contributed by atoms with E-state index in [2.05, 4.69) is 6.07 Å². The molecular weight excluding hydrogens is 268 g/mol. The number of aryl methyl sites for hydroxylation is 2. The molecular formula is C16H22N2O3. The molecule has 2 rings (SSSR count). The zero-order chi connectivity index (χ0) is 15.4. The van der Waals surface area contributed by atoms with E-state index in [-0.39, 0.29) is 6.61 Å². The standard InChI is InChI=1S/C16H22N2O3/c1-2-11-8-13-12(4-3-7-19)10-18(6-5-17)15(13)14(9-11)16(20)21/h8-10,19H,2-7,17H2,1H3,(H,20,21). The van der Waals surface area contributed by atoms with Crippen LogP contribution in [-0.4, -0.2) is 33.9 Å². The Labute approximate surface area is 124 Å². The molecule has 0 amide bonds. The molecule has 0 aliphatic carbocycles. The number of fused-ring (bicyclic) bond motifs is 1. The molecule has 1 aromatic carbocycles. The molecule has 0 spiro atoms. The lowest BCUT2D eigenvalue weighted by Crippen LogP contribution is -2.11. The normalized spacial score (nSPS) is 11.2. The maximum absolute atomic E-state index is 11.6. The van der Waals surface area contributed by atoms with E-state index in [1.54, 1.807) is 6.07 Å². The van der Waals surface area contributed by atoms with Gasteiger partial charge in [-0.1, -0.05) is 6.92 Å². The van der Waals surface area contributed by atoms with Crippen LogP contribution in [0.3, 0.4) is 0 Å². The van der Waals surface area contributed by atoms with Gasteiger partial charge in [-0.3, -0.25) is 0 Å². The van der Waals surface area contributed by atoms with E-state index in [1.807, 2.05) is 17.7 Å². The third-order valence-electron chi connectivity index (χ3n) is 3.73. The van der Waals surface area contributed by atoms with Crippen molar-refractivity contribution in [1.29, 1.82) is 0 Å². The van der Waals surface area contributed by atoms with Gasteiger partial charge < -0.3 is 20.5 Å². The van der Waals surface area contributed by atoms with Crippen molar-refractivity contribution in [3.05, 3.63) is 35.0 Å². The van der Waals surface area contributed by atoms with Crippen LogP contribution in [0.4, 0.5) is 0 Å². The highest BCUT2D eigenvalue weighted by molar-refractivity contribution is 6.03. The lowest BCUT2D eigenvalue weighted by atomic mass is 10.0. The van der Waals surface area contributed by atoms with Crippen LogP contribution < -0.4 is 5.73 Å². The molecule has 0 unspecified atom stereocenters. The van der Waals surface area contributed by atoms with E-state index in [4.69, 9.17) is 10.8 Å². The number of carbonyl (C=O) groups is 1. The third-order valence-corrected chi connectivity index (χ3v) is 3.73. The highest BCUT2D eigenvalue weighted by Crippen LogP contribution is 2.28. The summed E-state index contributed by atoms with van der Waals surface area (Å²) in [4.78, 5) is 11.6. The number of nitrogens with two attached hydrogens (primary N) is 1. The van der Waals surface area contributed by atoms with Crippen molar-refractivity contribution in [3.63, 3.8) is 0 Å². The number of aromatic carboxylic acids is 1. The number of rotatable bonds is 7. The summed E-state index contributed by atoms with van der Waals surface area (Å²) in [5, 5.41) is 19.5. The van der Waals surface area contributed by atoms with E-state index < -0.39 is 5.97 Å². The highest BCUT2D eigenvalue weighted by Gasteiger charge is 2.17. The number of aromatic nitrogens is 1. The van der Waals surface area contributed by atoms with Crippen LogP contribution in [-0.2, 0) is 19.4 Å². The number of carboxylic acids is 1. The average Bonchev–Trinajstić information content (AvgIpc) is 2.82. The minimum atomic E-state index is -0.916. The molecule has 5 heteroatoms. The Hall–Kier alpha value is -1.85. The van der Waals surface area contributed by atoms with E-state index in [1.165, 1.54) is 0 Å². The molecule has 0 saturated heterocycles. The van der Waals surface area contributed by atoms with Crippen LogP contribution in [0.15, 0.2) is 18.3 Å². The first-order valence-electron chi connectivity index (χ1n) is 7.31. The number of benzene rings is 1. The number of aliphatic hydroxyl groups excluding tert-OH is 1. The highest BCUT2D eigenvalue weighted by atomic mass is 16.4. The fourth-order valence-corrected chi connectivity index (χ4v) is 2.72. The van der Waals surface area contributed by atoms with Gasteiger partial charge in [0.25, 0.3) is 0 Å². The van der Waals surface area contributed by atoms with Crippen molar-refractivity contribution in [2.75, 3.05) is 13.2 Å². The van der Waals surface area contributed by atoms with Crippen LogP contribution in [0.1, 0.15) is 34.8 Å². The molecule has 0 bridgehead atoms. The Morgan fingerprint density at radius 2 is 2.14 bits per heavy atom. The first-order chi connectivity index (χ1) is 10.1. The summed E-state index contributed by atoms with van der Waals surface area (Å²) in [6, 6.07) is 3.80. The summed E-state index contributed by atoms with van der Waals surface area (Å²) in [6.07, 6.45) is 4.16. The van der Waals surface area contributed by atoms with E-state index >= 15 is 0 Å². The van der Waals surface area contributed by atoms with Gasteiger partial charge in [-0.2, -0.15) is 0 Å². The number of hydrogen-bond donors (Lipinski definition) is 3. The molecule has 0 saturated carbocycles. The lowest BCUT2D eigenvalue weighted by molar-refractivity contribution is 0.0698. The second kappa shape index (κ2) is 6.74. The topological polar surface area (TPSA) is 88.5 Å². The molecule has 0 aliphatic heterocycles. The quantitative estimate of drug-likeness (QED) is 0.725. The van der Waals surface area contributed by atoms with E-state index in [9.17, 15) is 9.90 Å². The fraction of sp³-hybridized carbons (Fsp3) is 0.438. The molecule has 2 aromatic rings. The summed E-state index contributed by atoms with van der Waals surface area (Å²) < 4.78 is 1.92. The molecule has 21 heavy (non-hydrogen) atoms. The Balaban J connectivity index is 2.69. The van der Waals surface area contributed by atoms with Gasteiger partial charge in [-0.15, -0.1) is 0 Å². The minimum Gasteiger partial charge on any atom is -0.478 e. The van der Waals surface area contributed by atoms with Gasteiger partial charge in [0.2, 0.25) is 0 Å². The lowest BCUT2D eigenvalue weighted by Gasteiger charge is -2.08. The second-order valence-electron chi connectivity index (χ2n) is 5.16. The monoisotopic (exact) mass is 290 g/mol. The van der Waals surface area contributed by atoms with E-state index in [0.29, 0.717) is 25.1 Å². The van der Waals surface area contributed by atoms with Crippen LogP contribution in [0.25, 0.3) is 10.9 Å². The molecule has 0 radical (unpaired) electrons. The predicted octanol–water partition coefficient (Wildman–Crippen LogP) is 1.79. The molecule has 0 atom stereocenters. The van der Waals surface area contributed by atoms with Crippen LogP contribution in [0.5, 0.6) is 0 Å². The molecule has 0 fully saturated rings. The van der Waals surface area contributed by atoms with Gasteiger partial charge in [0.15, 0.2) is 0 Å². The minimum absolute atomic E-state index is 0.128. The fourth-order valence-electron chi connectivity index (χ4n) is 2.72. The summed E-state index contributed by atoms with van der Waals surface area (Å²) >= 11 is 0. The Bertz CT molecular complexity index is 646. The molecule has 1 aromatic heterocycles. The maximum atomic E-state index is 11.6. The number of carboxylic acid groups (broad SMARTS) is 1. The van der Waals surface area contributed by atoms with Crippen molar-refractivity contribution in [2.24, 2.45) is 5.73 Å². The summed E-state index contributed by atoms with van der Waals surface area (Å²) in [5.74, 6) is -0.916. The SMILES string of the molecule is CCc1cc(C(=O)O)c2c(c1)c(CCCO)cn2CCN. The molecule has 114 valence electrons. The molecule has 0 aliphatic rings. The average molecular weight is 290 g/mol. The zero-order valence-corrected chi connectivity index (χ0v) is 12.3. The first kappa shape index (κ1) is 15.5. The summed E-state index contributed by atoms with van der Waals surface area (Å²) in [5.41, 5.74) is 8.78. The summed E-state index contributed by atoms with van der Waals surface area (Å²) in [6.45, 7) is 3.18. The van der Waals surface area contributed by atoms with Gasteiger partial charge in [0.1, 0.15) is 0 Å². The smallest absolute Gasteiger partial charge is 0.337 e. The number of nitrogens with zero attached hydrogens (tertiary/aromatic N) is 1. The zero-order valence-electron chi connectivity index (χ0n) is 12.3. The van der Waals surface area contributed by atoms with Crippen molar-refractivity contribution >= 4 is 16.9 Å². The van der Waals surface area contributed by atoms with Gasteiger partial charge in [0, 0.05) is 31.3 Å².